The van der Waals surface area contributed by atoms with E-state index in [9.17, 15) is 4.79 Å². The average molecular weight is 446 g/mol. The maximum atomic E-state index is 12.4. The van der Waals surface area contributed by atoms with Gasteiger partial charge in [-0.05, 0) is 72.2 Å². The zero-order valence-electron chi connectivity index (χ0n) is 18.0. The van der Waals surface area contributed by atoms with Crippen LogP contribution in [0.5, 0.6) is 5.75 Å². The molecule has 1 heterocycles. The van der Waals surface area contributed by atoms with Crippen LogP contribution in [0.25, 0.3) is 22.6 Å². The Morgan fingerprint density at radius 3 is 2.41 bits per heavy atom. The molecule has 32 heavy (non-hydrogen) atoms. The van der Waals surface area contributed by atoms with E-state index in [0.717, 1.165) is 22.5 Å². The predicted molar refractivity (Wildman–Crippen MR) is 130 cm³/mol. The lowest BCUT2D eigenvalue weighted by Crippen LogP contribution is -2.34. The molecular formula is C25H23N3O3S. The number of amides is 1. The number of nitrogens with zero attached hydrogens (tertiary/aromatic N) is 1. The number of oxazole rings is 1. The molecule has 0 aliphatic carbocycles. The maximum absolute atomic E-state index is 12.4. The van der Waals surface area contributed by atoms with E-state index < -0.39 is 0 Å². The van der Waals surface area contributed by atoms with Gasteiger partial charge in [0.25, 0.3) is 5.91 Å². The van der Waals surface area contributed by atoms with Gasteiger partial charge < -0.3 is 14.5 Å². The Labute approximate surface area is 191 Å². The van der Waals surface area contributed by atoms with Gasteiger partial charge in [0.05, 0.1) is 7.11 Å². The summed E-state index contributed by atoms with van der Waals surface area (Å²) in [5.41, 5.74) is 4.72. The number of ether oxygens (including phenoxy) is 1. The summed E-state index contributed by atoms with van der Waals surface area (Å²) in [4.78, 5) is 17.0. The molecule has 2 N–H and O–H groups in total. The summed E-state index contributed by atoms with van der Waals surface area (Å²) >= 11 is 5.29. The topological polar surface area (TPSA) is 76.4 Å². The van der Waals surface area contributed by atoms with Crippen molar-refractivity contribution < 1.29 is 13.9 Å². The second-order valence-electron chi connectivity index (χ2n) is 7.61. The fourth-order valence-corrected chi connectivity index (χ4v) is 3.42. The van der Waals surface area contributed by atoms with Gasteiger partial charge in [0.1, 0.15) is 11.3 Å². The number of fused-ring (bicyclic) bond motifs is 1. The van der Waals surface area contributed by atoms with Crippen molar-refractivity contribution in [1.29, 1.82) is 0 Å². The van der Waals surface area contributed by atoms with Crippen LogP contribution in [-0.2, 0) is 0 Å². The van der Waals surface area contributed by atoms with Gasteiger partial charge in [-0.25, -0.2) is 4.98 Å². The number of hydrogen-bond donors (Lipinski definition) is 2. The van der Waals surface area contributed by atoms with E-state index in [1.165, 1.54) is 5.56 Å². The monoisotopic (exact) mass is 445 g/mol. The number of nitrogens with one attached hydrogen (secondary N) is 2. The quantitative estimate of drug-likeness (QED) is 0.381. The Hall–Kier alpha value is -3.71. The Morgan fingerprint density at radius 2 is 1.75 bits per heavy atom. The lowest BCUT2D eigenvalue weighted by molar-refractivity contribution is 0.0977. The molecule has 0 unspecified atom stereocenters. The summed E-state index contributed by atoms with van der Waals surface area (Å²) in [7, 11) is 1.61. The number of carbonyl (C=O) groups is 1. The zero-order valence-corrected chi connectivity index (χ0v) is 18.8. The van der Waals surface area contributed by atoms with Gasteiger partial charge in [0.2, 0.25) is 5.89 Å². The molecule has 0 atom stereocenters. The van der Waals surface area contributed by atoms with Crippen LogP contribution in [0.2, 0.25) is 0 Å². The third kappa shape index (κ3) is 4.78. The Kier molecular flexibility index (Phi) is 6.18. The number of methoxy groups -OCH3 is 1. The largest absolute Gasteiger partial charge is 0.497 e. The molecule has 6 nitrogen and oxygen atoms in total. The molecule has 0 fully saturated rings. The number of carbonyl (C=O) groups excluding carboxylic acids is 1. The molecule has 3 aromatic carbocycles. The molecule has 1 amide bonds. The van der Waals surface area contributed by atoms with Gasteiger partial charge in [-0.1, -0.05) is 26.0 Å². The SMILES string of the molecule is COc1ccc2oc(-c3ccc(NC(=S)NC(=O)c4ccc(C(C)C)cc4)cc3)nc2c1. The van der Waals surface area contributed by atoms with Crippen molar-refractivity contribution in [1.82, 2.24) is 10.3 Å². The summed E-state index contributed by atoms with van der Waals surface area (Å²) in [6.07, 6.45) is 0. The lowest BCUT2D eigenvalue weighted by Gasteiger charge is -2.11. The number of hydrogen-bond acceptors (Lipinski definition) is 5. The van der Waals surface area contributed by atoms with E-state index in [1.807, 2.05) is 54.6 Å². The normalized spacial score (nSPS) is 10.9. The molecule has 162 valence electrons. The molecule has 0 aliphatic rings. The minimum atomic E-state index is -0.253. The third-order valence-corrected chi connectivity index (χ3v) is 5.26. The second-order valence-corrected chi connectivity index (χ2v) is 8.02. The van der Waals surface area contributed by atoms with Gasteiger partial charge in [-0.2, -0.15) is 0 Å². The van der Waals surface area contributed by atoms with Crippen LogP contribution in [0.4, 0.5) is 5.69 Å². The first-order chi connectivity index (χ1) is 15.4. The van der Waals surface area contributed by atoms with Gasteiger partial charge in [0.15, 0.2) is 10.7 Å². The zero-order chi connectivity index (χ0) is 22.7. The van der Waals surface area contributed by atoms with E-state index >= 15 is 0 Å². The number of benzene rings is 3. The van der Waals surface area contributed by atoms with Crippen molar-refractivity contribution in [3.05, 3.63) is 77.9 Å². The van der Waals surface area contributed by atoms with Crippen LogP contribution in [0.1, 0.15) is 35.7 Å². The molecule has 1 aromatic heterocycles. The Morgan fingerprint density at radius 1 is 1.03 bits per heavy atom. The van der Waals surface area contributed by atoms with Crippen LogP contribution < -0.4 is 15.4 Å². The number of aromatic nitrogens is 1. The molecule has 0 aliphatic heterocycles. The van der Waals surface area contributed by atoms with Gasteiger partial charge in [-0.15, -0.1) is 0 Å². The van der Waals surface area contributed by atoms with Crippen LogP contribution in [0, 0.1) is 0 Å². The first kappa shape index (κ1) is 21.5. The standard InChI is InChI=1S/C25H23N3O3S/c1-15(2)16-4-6-17(7-5-16)23(29)28-25(32)26-19-10-8-18(9-11-19)24-27-21-14-20(30-3)12-13-22(21)31-24/h4-15H,1-3H3,(H2,26,28,29,32). The van der Waals surface area contributed by atoms with E-state index in [0.29, 0.717) is 23.0 Å². The second kappa shape index (κ2) is 9.20. The van der Waals surface area contributed by atoms with Crippen LogP contribution in [0.3, 0.4) is 0 Å². The van der Waals surface area contributed by atoms with Gasteiger partial charge in [0, 0.05) is 22.9 Å². The summed E-state index contributed by atoms with van der Waals surface area (Å²) in [6, 6.07) is 20.5. The third-order valence-electron chi connectivity index (χ3n) is 5.05. The van der Waals surface area contributed by atoms with Gasteiger partial charge >= 0.3 is 0 Å². The van der Waals surface area contributed by atoms with E-state index in [2.05, 4.69) is 29.5 Å². The molecule has 0 spiro atoms. The molecule has 0 radical (unpaired) electrons. The summed E-state index contributed by atoms with van der Waals surface area (Å²) in [5.74, 6) is 1.40. The lowest BCUT2D eigenvalue weighted by atomic mass is 10.0. The summed E-state index contributed by atoms with van der Waals surface area (Å²) in [5, 5.41) is 5.96. The van der Waals surface area contributed by atoms with Crippen molar-refractivity contribution in [3.8, 4) is 17.2 Å². The smallest absolute Gasteiger partial charge is 0.257 e. The van der Waals surface area contributed by atoms with E-state index in [1.54, 1.807) is 19.2 Å². The highest BCUT2D eigenvalue weighted by Crippen LogP contribution is 2.27. The van der Waals surface area contributed by atoms with Crippen molar-refractivity contribution in [2.45, 2.75) is 19.8 Å². The first-order valence-corrected chi connectivity index (χ1v) is 10.6. The van der Waals surface area contributed by atoms with Crippen molar-refractivity contribution >= 4 is 40.0 Å². The Bertz CT molecular complexity index is 1260. The molecule has 7 heteroatoms. The average Bonchev–Trinajstić information content (AvgIpc) is 3.22. The first-order valence-electron chi connectivity index (χ1n) is 10.2. The molecule has 4 aromatic rings. The van der Waals surface area contributed by atoms with Crippen molar-refractivity contribution in [3.63, 3.8) is 0 Å². The van der Waals surface area contributed by atoms with Crippen molar-refractivity contribution in [2.75, 3.05) is 12.4 Å². The fourth-order valence-electron chi connectivity index (χ4n) is 3.21. The minimum Gasteiger partial charge on any atom is -0.497 e. The Balaban J connectivity index is 1.40. The summed E-state index contributed by atoms with van der Waals surface area (Å²) in [6.45, 7) is 4.22. The molecule has 0 saturated heterocycles. The highest BCUT2D eigenvalue weighted by atomic mass is 32.1. The number of anilines is 1. The van der Waals surface area contributed by atoms with Crippen LogP contribution in [0.15, 0.2) is 71.1 Å². The van der Waals surface area contributed by atoms with E-state index in [-0.39, 0.29) is 11.0 Å². The molecule has 4 rings (SSSR count). The predicted octanol–water partition coefficient (Wildman–Crippen LogP) is 5.75. The number of rotatable bonds is 5. The van der Waals surface area contributed by atoms with Crippen LogP contribution in [-0.4, -0.2) is 23.1 Å². The molecular weight excluding hydrogens is 422 g/mol. The van der Waals surface area contributed by atoms with Crippen molar-refractivity contribution in [2.24, 2.45) is 0 Å². The van der Waals surface area contributed by atoms with E-state index in [4.69, 9.17) is 21.4 Å². The van der Waals surface area contributed by atoms with Gasteiger partial charge in [-0.3, -0.25) is 10.1 Å². The molecule has 0 saturated carbocycles. The highest BCUT2D eigenvalue weighted by molar-refractivity contribution is 7.80. The minimum absolute atomic E-state index is 0.227. The number of thiocarbonyl (C=S) groups is 1. The summed E-state index contributed by atoms with van der Waals surface area (Å²) < 4.78 is 11.1. The maximum Gasteiger partial charge on any atom is 0.257 e. The fraction of sp³-hybridized carbons (Fsp3) is 0.160. The van der Waals surface area contributed by atoms with Crippen LogP contribution >= 0.6 is 12.2 Å². The molecule has 0 bridgehead atoms. The highest BCUT2D eigenvalue weighted by Gasteiger charge is 2.11.